The molecule has 174 valence electrons. The maximum atomic E-state index is 13.6. The summed E-state index contributed by atoms with van der Waals surface area (Å²) in [6.07, 6.45) is -7.90. The lowest BCUT2D eigenvalue weighted by Gasteiger charge is -2.18. The number of allylic oxidation sites excluding steroid dienone is 1. The highest BCUT2D eigenvalue weighted by molar-refractivity contribution is 6.48. The van der Waals surface area contributed by atoms with Crippen LogP contribution < -0.4 is 5.32 Å². The molecule has 0 saturated carbocycles. The summed E-state index contributed by atoms with van der Waals surface area (Å²) in [7, 11) is 0. The number of hydrogen-bond donors (Lipinski definition) is 1. The average Bonchev–Trinajstić information content (AvgIpc) is 2.63. The van der Waals surface area contributed by atoms with Gasteiger partial charge in [-0.1, -0.05) is 58.6 Å². The number of carbonyl (C=O) groups is 1. The van der Waals surface area contributed by atoms with Crippen LogP contribution in [0, 0.1) is 0 Å². The number of carbonyl (C=O) groups excluding carboxylic acids is 1. The Morgan fingerprint density at radius 2 is 1.59 bits per heavy atom. The van der Waals surface area contributed by atoms with E-state index in [1.807, 2.05) is 5.32 Å². The number of alkyl halides is 6. The molecular formula is C19H12Cl4F6N2O. The molecule has 2 aromatic rings. The van der Waals surface area contributed by atoms with Crippen molar-refractivity contribution in [3.05, 3.63) is 67.4 Å². The second kappa shape index (κ2) is 10.5. The van der Waals surface area contributed by atoms with Gasteiger partial charge in [-0.05, 0) is 29.3 Å². The van der Waals surface area contributed by atoms with Crippen LogP contribution in [0.1, 0.15) is 29.2 Å². The van der Waals surface area contributed by atoms with E-state index in [0.717, 1.165) is 30.5 Å². The molecule has 0 aliphatic carbocycles. The highest BCUT2D eigenvalue weighted by Crippen LogP contribution is 2.41. The molecule has 32 heavy (non-hydrogen) atoms. The lowest BCUT2D eigenvalue weighted by molar-refractivity contribution is -0.153. The van der Waals surface area contributed by atoms with Gasteiger partial charge in [-0.15, -0.1) is 0 Å². The van der Waals surface area contributed by atoms with E-state index in [-0.39, 0.29) is 43.5 Å². The molecule has 0 aliphatic heterocycles. The third kappa shape index (κ3) is 7.72. The van der Waals surface area contributed by atoms with Crippen molar-refractivity contribution in [2.45, 2.75) is 31.2 Å². The molecule has 1 aromatic heterocycles. The number of benzene rings is 1. The molecule has 1 aromatic carbocycles. The zero-order chi connectivity index (χ0) is 24.3. The number of aromatic nitrogens is 1. The first kappa shape index (κ1) is 26.6. The van der Waals surface area contributed by atoms with Gasteiger partial charge in [0.05, 0.1) is 38.2 Å². The molecule has 2 rings (SSSR count). The minimum Gasteiger partial charge on any atom is -0.350 e. The van der Waals surface area contributed by atoms with Crippen LogP contribution in [0.3, 0.4) is 0 Å². The number of pyridine rings is 1. The van der Waals surface area contributed by atoms with Crippen molar-refractivity contribution in [1.82, 2.24) is 10.3 Å². The van der Waals surface area contributed by atoms with E-state index in [2.05, 4.69) is 4.98 Å². The lowest BCUT2D eigenvalue weighted by atomic mass is 9.97. The van der Waals surface area contributed by atoms with Gasteiger partial charge in [-0.3, -0.25) is 9.78 Å². The minimum absolute atomic E-state index is 0.0444. The number of amides is 1. The van der Waals surface area contributed by atoms with E-state index in [1.165, 1.54) is 6.07 Å². The summed E-state index contributed by atoms with van der Waals surface area (Å²) in [4.78, 5) is 15.1. The molecule has 3 nitrogen and oxygen atoms in total. The van der Waals surface area contributed by atoms with E-state index in [4.69, 9.17) is 46.4 Å². The quantitative estimate of drug-likeness (QED) is 0.303. The van der Waals surface area contributed by atoms with Crippen molar-refractivity contribution < 1.29 is 31.1 Å². The second-order valence-electron chi connectivity index (χ2n) is 6.44. The van der Waals surface area contributed by atoms with Gasteiger partial charge in [-0.25, -0.2) is 0 Å². The summed E-state index contributed by atoms with van der Waals surface area (Å²) < 4.78 is 77.3. The smallest absolute Gasteiger partial charge is 0.350 e. The molecule has 1 atom stereocenters. The summed E-state index contributed by atoms with van der Waals surface area (Å²) in [6, 6.07) is 3.36. The summed E-state index contributed by atoms with van der Waals surface area (Å²) in [5, 5.41) is 1.61. The van der Waals surface area contributed by atoms with Gasteiger partial charge in [0.1, 0.15) is 6.42 Å². The van der Waals surface area contributed by atoms with Crippen LogP contribution in [0.25, 0.3) is 6.08 Å². The monoisotopic (exact) mass is 538 g/mol. The molecule has 0 fully saturated rings. The molecule has 0 bridgehead atoms. The standard InChI is InChI=1S/C19H12Cl4F6N2O/c20-12-3-9(7-30-15(12)8-31-16(32)6-18(24,25)26)1-2-11(19(27,28)29)10-4-13(21)17(23)14(22)5-10/h1-5,7,11H,6,8H2,(H,31,32)/b2-1+. The molecule has 0 radical (unpaired) electrons. The molecule has 0 aliphatic rings. The molecule has 1 amide bonds. The number of hydrogen-bond acceptors (Lipinski definition) is 2. The summed E-state index contributed by atoms with van der Waals surface area (Å²) in [5.41, 5.74) is -0.0139. The molecule has 13 heteroatoms. The minimum atomic E-state index is -4.68. The van der Waals surface area contributed by atoms with Gasteiger partial charge in [0.2, 0.25) is 5.91 Å². The Bertz CT molecular complexity index is 1000. The van der Waals surface area contributed by atoms with Crippen LogP contribution in [-0.4, -0.2) is 23.2 Å². The van der Waals surface area contributed by atoms with Gasteiger partial charge in [0.15, 0.2) is 0 Å². The summed E-state index contributed by atoms with van der Waals surface area (Å²) in [6.45, 7) is -0.384. The predicted molar refractivity (Wildman–Crippen MR) is 111 cm³/mol. The average molecular weight is 540 g/mol. The van der Waals surface area contributed by atoms with E-state index in [0.29, 0.717) is 0 Å². The molecule has 0 spiro atoms. The molecule has 1 N–H and O–H groups in total. The van der Waals surface area contributed by atoms with Crippen molar-refractivity contribution in [2.24, 2.45) is 0 Å². The van der Waals surface area contributed by atoms with Crippen LogP contribution in [0.4, 0.5) is 26.3 Å². The van der Waals surface area contributed by atoms with Crippen LogP contribution in [0.5, 0.6) is 0 Å². The highest BCUT2D eigenvalue weighted by atomic mass is 35.5. The van der Waals surface area contributed by atoms with Gasteiger partial charge in [0, 0.05) is 6.20 Å². The third-order valence-electron chi connectivity index (χ3n) is 3.95. The van der Waals surface area contributed by atoms with Gasteiger partial charge in [-0.2, -0.15) is 26.3 Å². The summed E-state index contributed by atoms with van der Waals surface area (Å²) >= 11 is 23.4. The first-order valence-corrected chi connectivity index (χ1v) is 10.1. The molecule has 1 unspecified atom stereocenters. The van der Waals surface area contributed by atoms with Crippen molar-refractivity contribution in [3.8, 4) is 0 Å². The van der Waals surface area contributed by atoms with Gasteiger partial charge >= 0.3 is 12.4 Å². The van der Waals surface area contributed by atoms with Crippen molar-refractivity contribution in [2.75, 3.05) is 0 Å². The van der Waals surface area contributed by atoms with Crippen molar-refractivity contribution >= 4 is 58.4 Å². The predicted octanol–water partition coefficient (Wildman–Crippen LogP) is 7.62. The first-order chi connectivity index (χ1) is 14.7. The van der Waals surface area contributed by atoms with E-state index in [1.54, 1.807) is 0 Å². The van der Waals surface area contributed by atoms with Gasteiger partial charge in [0.25, 0.3) is 0 Å². The Labute approximate surface area is 198 Å². The van der Waals surface area contributed by atoms with Crippen LogP contribution in [0.2, 0.25) is 20.1 Å². The molecule has 1 heterocycles. The Morgan fingerprint density at radius 1 is 1.00 bits per heavy atom. The molecule has 0 saturated heterocycles. The van der Waals surface area contributed by atoms with Crippen LogP contribution in [-0.2, 0) is 11.3 Å². The maximum Gasteiger partial charge on any atom is 0.399 e. The largest absolute Gasteiger partial charge is 0.399 e. The van der Waals surface area contributed by atoms with Crippen molar-refractivity contribution in [1.29, 1.82) is 0 Å². The number of nitrogens with zero attached hydrogens (tertiary/aromatic N) is 1. The van der Waals surface area contributed by atoms with E-state index >= 15 is 0 Å². The first-order valence-electron chi connectivity index (χ1n) is 8.54. The lowest BCUT2D eigenvalue weighted by Crippen LogP contribution is -2.28. The normalized spacial score (nSPS) is 13.4. The Balaban J connectivity index is 2.20. The van der Waals surface area contributed by atoms with Crippen LogP contribution in [0.15, 0.2) is 30.5 Å². The van der Waals surface area contributed by atoms with Crippen LogP contribution >= 0.6 is 46.4 Å². The third-order valence-corrected chi connectivity index (χ3v) is 5.48. The number of nitrogens with one attached hydrogen (secondary N) is 1. The Hall–Kier alpha value is -1.68. The topological polar surface area (TPSA) is 42.0 Å². The SMILES string of the molecule is O=C(CC(F)(F)F)NCc1ncc(/C=C/C(c2cc(Cl)c(Cl)c(Cl)c2)C(F)(F)F)cc1Cl. The zero-order valence-electron chi connectivity index (χ0n) is 15.6. The number of rotatable bonds is 6. The second-order valence-corrected chi connectivity index (χ2v) is 8.04. The summed E-state index contributed by atoms with van der Waals surface area (Å²) in [5.74, 6) is -3.34. The van der Waals surface area contributed by atoms with E-state index < -0.39 is 30.6 Å². The Kier molecular flexibility index (Phi) is 8.72. The maximum absolute atomic E-state index is 13.6. The van der Waals surface area contributed by atoms with Crippen molar-refractivity contribution in [3.63, 3.8) is 0 Å². The zero-order valence-corrected chi connectivity index (χ0v) is 18.6. The highest BCUT2D eigenvalue weighted by Gasteiger charge is 2.39. The van der Waals surface area contributed by atoms with Gasteiger partial charge < -0.3 is 5.32 Å². The number of halogens is 10. The fraction of sp³-hybridized carbons (Fsp3) is 0.263. The fourth-order valence-electron chi connectivity index (χ4n) is 2.50. The van der Waals surface area contributed by atoms with E-state index in [9.17, 15) is 31.1 Å². The Morgan fingerprint density at radius 3 is 2.09 bits per heavy atom. The molecular weight excluding hydrogens is 528 g/mol. The fourth-order valence-corrected chi connectivity index (χ4v) is 3.35.